The van der Waals surface area contributed by atoms with Crippen LogP contribution < -0.4 is 10.3 Å². The lowest BCUT2D eigenvalue weighted by Gasteiger charge is -2.32. The van der Waals surface area contributed by atoms with Crippen molar-refractivity contribution in [3.05, 3.63) is 46.1 Å². The van der Waals surface area contributed by atoms with Crippen molar-refractivity contribution in [2.24, 2.45) is 7.05 Å². The number of rotatable bonds is 2. The molecule has 1 saturated heterocycles. The van der Waals surface area contributed by atoms with Gasteiger partial charge in [0.15, 0.2) is 0 Å². The van der Waals surface area contributed by atoms with Gasteiger partial charge in [0.25, 0.3) is 0 Å². The molecule has 0 spiro atoms. The fourth-order valence-electron chi connectivity index (χ4n) is 3.72. The number of halogens is 1. The van der Waals surface area contributed by atoms with E-state index in [0.717, 1.165) is 6.42 Å². The van der Waals surface area contributed by atoms with Crippen LogP contribution in [-0.2, 0) is 7.05 Å². The molecule has 0 saturated carbocycles. The molecule has 1 unspecified atom stereocenters. The molecule has 27 heavy (non-hydrogen) atoms. The quantitative estimate of drug-likeness (QED) is 0.668. The predicted octanol–water partition coefficient (Wildman–Crippen LogP) is 1.89. The summed E-state index contributed by atoms with van der Waals surface area (Å²) in [4.78, 5) is 30.2. The highest BCUT2D eigenvalue weighted by molar-refractivity contribution is 6.07. The van der Waals surface area contributed by atoms with Crippen LogP contribution in [0.2, 0.25) is 0 Å². The molecule has 1 aliphatic heterocycles. The monoisotopic (exact) mass is 371 g/mol. The number of aryl methyl sites for hydroxylation is 1. The minimum absolute atomic E-state index is 0.131. The van der Waals surface area contributed by atoms with E-state index < -0.39 is 23.3 Å². The molecule has 3 aromatic rings. The van der Waals surface area contributed by atoms with Crippen molar-refractivity contribution in [1.82, 2.24) is 9.55 Å². The van der Waals surface area contributed by atoms with E-state index in [0.29, 0.717) is 36.2 Å². The molecule has 2 N–H and O–H groups in total. The average molecular weight is 371 g/mol. The van der Waals surface area contributed by atoms with Gasteiger partial charge >= 0.3 is 5.97 Å². The van der Waals surface area contributed by atoms with Gasteiger partial charge in [-0.1, -0.05) is 0 Å². The summed E-state index contributed by atoms with van der Waals surface area (Å²) in [6.45, 7) is 0.957. The number of pyridine rings is 2. The van der Waals surface area contributed by atoms with E-state index in [9.17, 15) is 24.2 Å². The molecule has 2 aromatic heterocycles. The Bertz CT molecular complexity index is 1140. The highest BCUT2D eigenvalue weighted by atomic mass is 19.1. The number of carboxylic acids is 1. The number of aromatic nitrogens is 2. The Kier molecular flexibility index (Phi) is 4.07. The van der Waals surface area contributed by atoms with Gasteiger partial charge in [-0.3, -0.25) is 9.78 Å². The summed E-state index contributed by atoms with van der Waals surface area (Å²) >= 11 is 0. The van der Waals surface area contributed by atoms with Crippen molar-refractivity contribution in [2.45, 2.75) is 18.9 Å². The lowest BCUT2D eigenvalue weighted by Crippen LogP contribution is -2.38. The molecule has 140 valence electrons. The summed E-state index contributed by atoms with van der Waals surface area (Å²) in [5.74, 6) is -1.87. The topological polar surface area (TPSA) is 95.7 Å². The Balaban J connectivity index is 1.99. The maximum absolute atomic E-state index is 14.9. The first-order valence-electron chi connectivity index (χ1n) is 8.64. The second-order valence-electron chi connectivity index (χ2n) is 6.87. The third kappa shape index (κ3) is 2.82. The number of hydrogen-bond donors (Lipinski definition) is 2. The molecule has 1 fully saturated rings. The summed E-state index contributed by atoms with van der Waals surface area (Å²) in [6.07, 6.45) is 3.65. The van der Waals surface area contributed by atoms with Crippen molar-refractivity contribution in [1.29, 1.82) is 0 Å². The maximum atomic E-state index is 14.9. The number of benzene rings is 1. The number of aliphatic hydroxyl groups is 1. The first-order chi connectivity index (χ1) is 12.9. The van der Waals surface area contributed by atoms with Gasteiger partial charge in [0.05, 0.1) is 34.4 Å². The molecule has 8 heteroatoms. The Morgan fingerprint density at radius 3 is 2.85 bits per heavy atom. The molecule has 0 radical (unpaired) electrons. The number of nitrogens with zero attached hydrogens (tertiary/aromatic N) is 3. The third-order valence-corrected chi connectivity index (χ3v) is 5.06. The molecule has 1 aromatic carbocycles. The largest absolute Gasteiger partial charge is 0.477 e. The zero-order valence-electron chi connectivity index (χ0n) is 14.6. The highest BCUT2D eigenvalue weighted by Gasteiger charge is 2.22. The van der Waals surface area contributed by atoms with Crippen molar-refractivity contribution in [3.8, 4) is 0 Å². The van der Waals surface area contributed by atoms with E-state index in [4.69, 9.17) is 0 Å². The van der Waals surface area contributed by atoms with Gasteiger partial charge in [-0.25, -0.2) is 9.18 Å². The normalized spacial score (nSPS) is 17.6. The van der Waals surface area contributed by atoms with Crippen molar-refractivity contribution >= 4 is 33.5 Å². The van der Waals surface area contributed by atoms with Gasteiger partial charge in [-0.15, -0.1) is 0 Å². The van der Waals surface area contributed by atoms with Crippen LogP contribution in [-0.4, -0.2) is 44.9 Å². The number of fused-ring (bicyclic) bond motifs is 3. The molecular weight excluding hydrogens is 353 g/mol. The zero-order chi connectivity index (χ0) is 19.3. The number of anilines is 1. The number of aliphatic hydroxyl groups excluding tert-OH is 1. The summed E-state index contributed by atoms with van der Waals surface area (Å²) in [5.41, 5.74) is 0.112. The minimum atomic E-state index is -1.33. The fourth-order valence-corrected chi connectivity index (χ4v) is 3.72. The molecule has 0 amide bonds. The van der Waals surface area contributed by atoms with Crippen LogP contribution in [0.25, 0.3) is 21.8 Å². The Morgan fingerprint density at radius 1 is 1.37 bits per heavy atom. The Hall–Kier alpha value is -3.00. The SMILES string of the molecule is Cn1cc(C(=O)O)c(=O)c2c3cc(F)c(N4CCCC(O)C4)cc3ncc21. The minimum Gasteiger partial charge on any atom is -0.477 e. The second-order valence-corrected chi connectivity index (χ2v) is 6.87. The van der Waals surface area contributed by atoms with E-state index >= 15 is 0 Å². The van der Waals surface area contributed by atoms with Gasteiger partial charge in [-0.2, -0.15) is 0 Å². The Labute approximate surface area is 153 Å². The maximum Gasteiger partial charge on any atom is 0.341 e. The number of carbonyl (C=O) groups is 1. The van der Waals surface area contributed by atoms with Crippen molar-refractivity contribution < 1.29 is 19.4 Å². The first-order valence-corrected chi connectivity index (χ1v) is 8.64. The van der Waals surface area contributed by atoms with E-state index in [2.05, 4.69) is 4.98 Å². The molecule has 1 atom stereocenters. The number of carboxylic acid groups (broad SMARTS) is 1. The molecule has 0 bridgehead atoms. The Morgan fingerprint density at radius 2 is 2.15 bits per heavy atom. The highest BCUT2D eigenvalue weighted by Crippen LogP contribution is 2.30. The molecular formula is C19H18FN3O4. The van der Waals surface area contributed by atoms with E-state index in [1.165, 1.54) is 23.0 Å². The van der Waals surface area contributed by atoms with Gasteiger partial charge in [0.1, 0.15) is 11.4 Å². The molecule has 7 nitrogen and oxygen atoms in total. The summed E-state index contributed by atoms with van der Waals surface area (Å²) in [7, 11) is 1.61. The lowest BCUT2D eigenvalue weighted by atomic mass is 10.0. The smallest absolute Gasteiger partial charge is 0.341 e. The molecule has 4 rings (SSSR count). The van der Waals surface area contributed by atoms with Gasteiger partial charge in [0.2, 0.25) is 5.43 Å². The molecule has 3 heterocycles. The first kappa shape index (κ1) is 17.4. The third-order valence-electron chi connectivity index (χ3n) is 5.06. The van der Waals surface area contributed by atoms with Crippen LogP contribution in [0.15, 0.2) is 29.3 Å². The van der Waals surface area contributed by atoms with Crippen LogP contribution in [0.3, 0.4) is 0 Å². The van der Waals surface area contributed by atoms with Crippen molar-refractivity contribution in [2.75, 3.05) is 18.0 Å². The fraction of sp³-hybridized carbons (Fsp3) is 0.316. The average Bonchev–Trinajstić information content (AvgIpc) is 2.63. The van der Waals surface area contributed by atoms with Crippen LogP contribution in [0, 0.1) is 5.82 Å². The van der Waals surface area contributed by atoms with Gasteiger partial charge in [-0.05, 0) is 25.0 Å². The number of hydrogen-bond acceptors (Lipinski definition) is 5. The van der Waals surface area contributed by atoms with Crippen LogP contribution >= 0.6 is 0 Å². The summed E-state index contributed by atoms with van der Waals surface area (Å²) < 4.78 is 16.4. The van der Waals surface area contributed by atoms with Crippen LogP contribution in [0.1, 0.15) is 23.2 Å². The zero-order valence-corrected chi connectivity index (χ0v) is 14.6. The van der Waals surface area contributed by atoms with Gasteiger partial charge < -0.3 is 19.7 Å². The molecule has 1 aliphatic rings. The number of β-amino-alcohol motifs (C(OH)–C–C–N with tert-alkyl or cyclic N) is 1. The van der Waals surface area contributed by atoms with E-state index in [-0.39, 0.29) is 16.3 Å². The summed E-state index contributed by atoms with van der Waals surface area (Å²) in [5, 5.41) is 19.5. The van der Waals surface area contributed by atoms with E-state index in [1.54, 1.807) is 18.0 Å². The lowest BCUT2D eigenvalue weighted by molar-refractivity contribution is 0.0695. The summed E-state index contributed by atoms with van der Waals surface area (Å²) in [6, 6.07) is 2.78. The standard InChI is InChI=1S/C19H18FN3O4/c1-22-9-12(19(26)27)18(25)17-11-5-13(20)15(6-14(11)21-7-16(17)22)23-4-2-3-10(24)8-23/h5-7,9-10,24H,2-4,8H2,1H3,(H,26,27). The molecule has 0 aliphatic carbocycles. The van der Waals surface area contributed by atoms with Gasteiger partial charge in [0, 0.05) is 31.7 Å². The van der Waals surface area contributed by atoms with Crippen molar-refractivity contribution in [3.63, 3.8) is 0 Å². The number of piperidine rings is 1. The second kappa shape index (κ2) is 6.31. The number of aromatic carboxylic acids is 1. The van der Waals surface area contributed by atoms with Crippen LogP contribution in [0.4, 0.5) is 10.1 Å². The van der Waals surface area contributed by atoms with Crippen LogP contribution in [0.5, 0.6) is 0 Å². The van der Waals surface area contributed by atoms with E-state index in [1.807, 2.05) is 0 Å². The predicted molar refractivity (Wildman–Crippen MR) is 98.9 cm³/mol.